The molecule has 1 aromatic carbocycles. The molecule has 0 aromatic heterocycles. The van der Waals surface area contributed by atoms with Gasteiger partial charge in [0.05, 0.1) is 6.54 Å². The van der Waals surface area contributed by atoms with E-state index in [2.05, 4.69) is 5.32 Å². The van der Waals surface area contributed by atoms with Gasteiger partial charge in [-0.2, -0.15) is 0 Å². The molecule has 1 atom stereocenters. The van der Waals surface area contributed by atoms with Crippen LogP contribution in [0.2, 0.25) is 5.02 Å². The zero-order chi connectivity index (χ0) is 13.8. The Hall–Kier alpha value is -1.59. The normalized spacial score (nSPS) is 13.7. The highest BCUT2D eigenvalue weighted by Gasteiger charge is 2.27. The van der Waals surface area contributed by atoms with Crippen LogP contribution in [0.15, 0.2) is 24.3 Å². The maximum atomic E-state index is 11.1. The average molecular weight is 271 g/mol. The molecule has 3 N–H and O–H groups in total. The highest BCUT2D eigenvalue weighted by Crippen LogP contribution is 2.26. The number of hydrogen-bond donors (Lipinski definition) is 2. The van der Waals surface area contributed by atoms with E-state index < -0.39 is 17.4 Å². The van der Waals surface area contributed by atoms with Gasteiger partial charge in [0.2, 0.25) is 0 Å². The molecule has 5 nitrogen and oxygen atoms in total. The Balaban J connectivity index is 2.86. The quantitative estimate of drug-likeness (QED) is 0.794. The molecule has 1 rings (SSSR count). The minimum Gasteiger partial charge on any atom is -0.372 e. The lowest BCUT2D eigenvalue weighted by molar-refractivity contribution is -0.138. The van der Waals surface area contributed by atoms with Gasteiger partial charge in [-0.1, -0.05) is 23.7 Å². The van der Waals surface area contributed by atoms with Gasteiger partial charge in [-0.15, -0.1) is 0 Å². The lowest BCUT2D eigenvalue weighted by Crippen LogP contribution is -2.44. The van der Waals surface area contributed by atoms with Gasteiger partial charge in [-0.05, 0) is 24.6 Å². The number of halogens is 1. The first-order chi connectivity index (χ1) is 8.39. The molecule has 0 unspecified atom stereocenters. The zero-order valence-electron chi connectivity index (χ0n) is 10.2. The Morgan fingerprint density at radius 3 is 2.67 bits per heavy atom. The van der Waals surface area contributed by atoms with Crippen LogP contribution in [-0.4, -0.2) is 25.5 Å². The second-order valence-corrected chi connectivity index (χ2v) is 4.43. The van der Waals surface area contributed by atoms with Crippen LogP contribution in [0.5, 0.6) is 0 Å². The van der Waals surface area contributed by atoms with E-state index in [0.717, 1.165) is 5.56 Å². The van der Waals surface area contributed by atoms with Crippen LogP contribution < -0.4 is 11.1 Å². The fraction of sp³-hybridized carbons (Fsp3) is 0.333. The maximum Gasteiger partial charge on any atom is 0.309 e. The van der Waals surface area contributed by atoms with Gasteiger partial charge >= 0.3 is 11.8 Å². The number of hydrogen-bond acceptors (Lipinski definition) is 3. The third kappa shape index (κ3) is 3.45. The number of benzene rings is 1. The van der Waals surface area contributed by atoms with E-state index in [1.54, 1.807) is 25.1 Å². The first kappa shape index (κ1) is 14.5. The highest BCUT2D eigenvalue weighted by atomic mass is 35.5. The van der Waals surface area contributed by atoms with Gasteiger partial charge < -0.3 is 15.8 Å². The predicted octanol–water partition coefficient (Wildman–Crippen LogP) is 0.803. The standard InChI is InChI=1S/C12H15ClN2O3/c1-12(18-2,7-15-11(17)10(14)16)8-4-3-5-9(13)6-8/h3-6H,7H2,1-2H3,(H2,14,16)(H,15,17)/t12-/m1/s1. The molecule has 2 amide bonds. The minimum absolute atomic E-state index is 0.117. The third-order valence-electron chi connectivity index (χ3n) is 2.70. The summed E-state index contributed by atoms with van der Waals surface area (Å²) < 4.78 is 5.38. The largest absolute Gasteiger partial charge is 0.372 e. The Morgan fingerprint density at radius 2 is 2.17 bits per heavy atom. The van der Waals surface area contributed by atoms with E-state index in [9.17, 15) is 9.59 Å². The molecule has 0 fully saturated rings. The van der Waals surface area contributed by atoms with Crippen molar-refractivity contribution in [2.24, 2.45) is 5.73 Å². The number of ether oxygens (including phenoxy) is 1. The number of carbonyl (C=O) groups excluding carboxylic acids is 2. The zero-order valence-corrected chi connectivity index (χ0v) is 11.0. The lowest BCUT2D eigenvalue weighted by atomic mass is 9.95. The van der Waals surface area contributed by atoms with Crippen molar-refractivity contribution in [3.8, 4) is 0 Å². The maximum absolute atomic E-state index is 11.1. The summed E-state index contributed by atoms with van der Waals surface area (Å²) in [5.41, 5.74) is 4.87. The van der Waals surface area contributed by atoms with Crippen molar-refractivity contribution in [1.29, 1.82) is 0 Å². The summed E-state index contributed by atoms with van der Waals surface area (Å²) in [6, 6.07) is 7.08. The van der Waals surface area contributed by atoms with E-state index in [0.29, 0.717) is 5.02 Å². The Bertz CT molecular complexity index is 464. The second kappa shape index (κ2) is 5.84. The molecule has 0 bridgehead atoms. The number of nitrogens with one attached hydrogen (secondary N) is 1. The second-order valence-electron chi connectivity index (χ2n) is 3.99. The van der Waals surface area contributed by atoms with E-state index in [1.807, 2.05) is 6.07 Å². The smallest absolute Gasteiger partial charge is 0.309 e. The molecular weight excluding hydrogens is 256 g/mol. The van der Waals surface area contributed by atoms with E-state index >= 15 is 0 Å². The van der Waals surface area contributed by atoms with Crippen LogP contribution >= 0.6 is 11.6 Å². The van der Waals surface area contributed by atoms with Crippen molar-refractivity contribution in [2.75, 3.05) is 13.7 Å². The van der Waals surface area contributed by atoms with Crippen LogP contribution in [0.25, 0.3) is 0 Å². The van der Waals surface area contributed by atoms with Gasteiger partial charge in [0, 0.05) is 12.1 Å². The molecule has 0 saturated heterocycles. The molecule has 0 aliphatic rings. The van der Waals surface area contributed by atoms with Crippen LogP contribution in [0.1, 0.15) is 12.5 Å². The summed E-state index contributed by atoms with van der Waals surface area (Å²) in [6.07, 6.45) is 0. The van der Waals surface area contributed by atoms with E-state index in [-0.39, 0.29) is 6.54 Å². The number of carbonyl (C=O) groups is 2. The minimum atomic E-state index is -1.03. The summed E-state index contributed by atoms with van der Waals surface area (Å²) >= 11 is 5.90. The Labute approximate surface area is 110 Å². The molecule has 1 aromatic rings. The van der Waals surface area contributed by atoms with Gasteiger partial charge in [-0.25, -0.2) is 0 Å². The van der Waals surface area contributed by atoms with Crippen molar-refractivity contribution >= 4 is 23.4 Å². The number of rotatable bonds is 4. The van der Waals surface area contributed by atoms with Crippen LogP contribution in [0, 0.1) is 0 Å². The summed E-state index contributed by atoms with van der Waals surface area (Å²) in [5.74, 6) is -1.88. The third-order valence-corrected chi connectivity index (χ3v) is 2.93. The molecule has 0 aliphatic heterocycles. The SMILES string of the molecule is CO[C@](C)(CNC(=O)C(N)=O)c1cccc(Cl)c1. The molecule has 0 heterocycles. The van der Waals surface area contributed by atoms with E-state index in [1.165, 1.54) is 7.11 Å². The fourth-order valence-electron chi connectivity index (χ4n) is 1.45. The first-order valence-corrected chi connectivity index (χ1v) is 5.65. The van der Waals surface area contributed by atoms with E-state index in [4.69, 9.17) is 22.1 Å². The molecular formula is C12H15ClN2O3. The topological polar surface area (TPSA) is 81.4 Å². The monoisotopic (exact) mass is 270 g/mol. The molecule has 0 radical (unpaired) electrons. The van der Waals surface area contributed by atoms with Crippen molar-refractivity contribution in [1.82, 2.24) is 5.32 Å². The van der Waals surface area contributed by atoms with Crippen LogP contribution in [0.3, 0.4) is 0 Å². The van der Waals surface area contributed by atoms with Crippen molar-refractivity contribution < 1.29 is 14.3 Å². The number of primary amides is 1. The van der Waals surface area contributed by atoms with Crippen molar-refractivity contribution in [3.63, 3.8) is 0 Å². The number of amides is 2. The Kier molecular flexibility index (Phi) is 4.69. The molecule has 0 aliphatic carbocycles. The summed E-state index contributed by atoms with van der Waals surface area (Å²) in [4.78, 5) is 21.8. The van der Waals surface area contributed by atoms with Crippen LogP contribution in [-0.2, 0) is 19.9 Å². The summed E-state index contributed by atoms with van der Waals surface area (Å²) in [7, 11) is 1.51. The van der Waals surface area contributed by atoms with Gasteiger partial charge in [0.1, 0.15) is 5.60 Å². The van der Waals surface area contributed by atoms with Crippen molar-refractivity contribution in [3.05, 3.63) is 34.9 Å². The van der Waals surface area contributed by atoms with Gasteiger partial charge in [-0.3, -0.25) is 9.59 Å². The fourth-order valence-corrected chi connectivity index (χ4v) is 1.64. The van der Waals surface area contributed by atoms with Crippen LogP contribution in [0.4, 0.5) is 0 Å². The Morgan fingerprint density at radius 1 is 1.50 bits per heavy atom. The average Bonchev–Trinajstić information content (AvgIpc) is 2.35. The molecule has 98 valence electrons. The predicted molar refractivity (Wildman–Crippen MR) is 68.0 cm³/mol. The van der Waals surface area contributed by atoms with Gasteiger partial charge in [0.15, 0.2) is 0 Å². The number of methoxy groups -OCH3 is 1. The summed E-state index contributed by atoms with van der Waals surface area (Å²) in [6.45, 7) is 1.89. The first-order valence-electron chi connectivity index (χ1n) is 5.28. The molecule has 0 spiro atoms. The number of nitrogens with two attached hydrogens (primary N) is 1. The lowest BCUT2D eigenvalue weighted by Gasteiger charge is -2.28. The van der Waals surface area contributed by atoms with Crippen molar-refractivity contribution in [2.45, 2.75) is 12.5 Å². The molecule has 18 heavy (non-hydrogen) atoms. The molecule has 6 heteroatoms. The summed E-state index contributed by atoms with van der Waals surface area (Å²) in [5, 5.41) is 2.98. The molecule has 0 saturated carbocycles. The highest BCUT2D eigenvalue weighted by molar-refractivity contribution is 6.34. The van der Waals surface area contributed by atoms with Gasteiger partial charge in [0.25, 0.3) is 0 Å².